The first-order valence-corrected chi connectivity index (χ1v) is 4.66. The van der Waals surface area contributed by atoms with E-state index in [0.29, 0.717) is 5.92 Å². The Kier molecular flexibility index (Phi) is 2.71. The highest BCUT2D eigenvalue weighted by atomic mass is 15.4. The topological polar surface area (TPSA) is 56.7 Å². The molecule has 0 saturated heterocycles. The molecule has 1 atom stereocenters. The Balaban J connectivity index is 3.02. The normalized spacial score (nSPS) is 16.2. The zero-order chi connectivity index (χ0) is 10.1. The summed E-state index contributed by atoms with van der Waals surface area (Å²) >= 11 is 0. The van der Waals surface area contributed by atoms with Crippen molar-refractivity contribution in [2.45, 2.75) is 32.7 Å². The molecule has 1 unspecified atom stereocenters. The zero-order valence-electron chi connectivity index (χ0n) is 8.78. The van der Waals surface area contributed by atoms with Gasteiger partial charge in [0.05, 0.1) is 5.54 Å². The quantitative estimate of drug-likeness (QED) is 0.759. The molecule has 0 aliphatic heterocycles. The maximum atomic E-state index is 6.26. The maximum absolute atomic E-state index is 6.26. The van der Waals surface area contributed by atoms with Gasteiger partial charge in [-0.25, -0.2) is 0 Å². The molecule has 0 fully saturated rings. The molecule has 0 spiro atoms. The van der Waals surface area contributed by atoms with E-state index in [2.05, 4.69) is 31.1 Å². The molecule has 1 rings (SSSR count). The summed E-state index contributed by atoms with van der Waals surface area (Å²) < 4.78 is 1.69. The fraction of sp³-hybridized carbons (Fsp3) is 0.778. The van der Waals surface area contributed by atoms with Gasteiger partial charge < -0.3 is 5.73 Å². The second kappa shape index (κ2) is 3.46. The van der Waals surface area contributed by atoms with Gasteiger partial charge in [-0.1, -0.05) is 26.0 Å². The number of nitrogens with two attached hydrogens (primary N) is 1. The van der Waals surface area contributed by atoms with E-state index < -0.39 is 0 Å². The average Bonchev–Trinajstić information content (AvgIpc) is 2.50. The van der Waals surface area contributed by atoms with Gasteiger partial charge in [0.15, 0.2) is 0 Å². The molecule has 2 N–H and O–H groups in total. The van der Waals surface area contributed by atoms with E-state index in [0.717, 1.165) is 12.1 Å². The summed E-state index contributed by atoms with van der Waals surface area (Å²) in [6, 6.07) is 0. The van der Waals surface area contributed by atoms with Crippen molar-refractivity contribution in [3.05, 3.63) is 11.9 Å². The standard InChI is InChI=1S/C9H18N4/c1-5-9(10,7(2)3)8-6-13(4)12-11-8/h6-7H,5,10H2,1-4H3. The number of hydrogen-bond donors (Lipinski definition) is 1. The van der Waals surface area contributed by atoms with Crippen molar-refractivity contribution in [1.29, 1.82) is 0 Å². The third kappa shape index (κ3) is 1.72. The lowest BCUT2D eigenvalue weighted by Crippen LogP contribution is -2.41. The molecule has 0 radical (unpaired) electrons. The second-order valence-corrected chi connectivity index (χ2v) is 3.83. The van der Waals surface area contributed by atoms with Crippen LogP contribution in [0.1, 0.15) is 32.9 Å². The van der Waals surface area contributed by atoms with E-state index in [1.165, 1.54) is 0 Å². The molecule has 4 heteroatoms. The fourth-order valence-electron chi connectivity index (χ4n) is 1.45. The molecule has 0 aliphatic rings. The number of aryl methyl sites for hydroxylation is 1. The highest BCUT2D eigenvalue weighted by Gasteiger charge is 2.31. The van der Waals surface area contributed by atoms with E-state index in [1.54, 1.807) is 4.68 Å². The van der Waals surface area contributed by atoms with Crippen LogP contribution in [0.4, 0.5) is 0 Å². The van der Waals surface area contributed by atoms with Gasteiger partial charge in [-0.05, 0) is 12.3 Å². The molecule has 1 heterocycles. The lowest BCUT2D eigenvalue weighted by molar-refractivity contribution is 0.297. The van der Waals surface area contributed by atoms with Gasteiger partial charge in [0.2, 0.25) is 0 Å². The molecule has 0 saturated carbocycles. The van der Waals surface area contributed by atoms with Crippen molar-refractivity contribution in [1.82, 2.24) is 15.0 Å². The third-order valence-electron chi connectivity index (χ3n) is 2.69. The van der Waals surface area contributed by atoms with Gasteiger partial charge in [0.25, 0.3) is 0 Å². The van der Waals surface area contributed by atoms with E-state index >= 15 is 0 Å². The average molecular weight is 182 g/mol. The van der Waals surface area contributed by atoms with Crippen LogP contribution < -0.4 is 5.73 Å². The minimum Gasteiger partial charge on any atom is -0.320 e. The minimum atomic E-state index is -0.339. The Bertz CT molecular complexity index is 279. The van der Waals surface area contributed by atoms with Crippen LogP contribution in [-0.4, -0.2) is 15.0 Å². The summed E-state index contributed by atoms with van der Waals surface area (Å²) in [6.07, 6.45) is 2.77. The Morgan fingerprint density at radius 3 is 2.54 bits per heavy atom. The molecule has 13 heavy (non-hydrogen) atoms. The predicted molar refractivity (Wildman–Crippen MR) is 52.0 cm³/mol. The maximum Gasteiger partial charge on any atom is 0.103 e. The molecule has 0 bridgehead atoms. The lowest BCUT2D eigenvalue weighted by Gasteiger charge is -2.29. The van der Waals surface area contributed by atoms with Crippen molar-refractivity contribution in [2.75, 3.05) is 0 Å². The van der Waals surface area contributed by atoms with Crippen molar-refractivity contribution >= 4 is 0 Å². The summed E-state index contributed by atoms with van der Waals surface area (Å²) in [5, 5.41) is 7.97. The first-order chi connectivity index (χ1) is 6.00. The highest BCUT2D eigenvalue weighted by Crippen LogP contribution is 2.27. The van der Waals surface area contributed by atoms with Gasteiger partial charge in [-0.15, -0.1) is 5.10 Å². The smallest absolute Gasteiger partial charge is 0.103 e. The Morgan fingerprint density at radius 1 is 1.62 bits per heavy atom. The van der Waals surface area contributed by atoms with Crippen LogP contribution in [0.5, 0.6) is 0 Å². The van der Waals surface area contributed by atoms with Crippen molar-refractivity contribution in [3.63, 3.8) is 0 Å². The molecule has 1 aromatic heterocycles. The SMILES string of the molecule is CCC(N)(c1cn(C)nn1)C(C)C. The highest BCUT2D eigenvalue weighted by molar-refractivity contribution is 5.10. The first kappa shape index (κ1) is 10.2. The summed E-state index contributed by atoms with van der Waals surface area (Å²) in [5.74, 6) is 0.370. The van der Waals surface area contributed by atoms with Crippen LogP contribution in [0.2, 0.25) is 0 Å². The largest absolute Gasteiger partial charge is 0.320 e. The van der Waals surface area contributed by atoms with Crippen LogP contribution in [0.15, 0.2) is 6.20 Å². The fourth-order valence-corrected chi connectivity index (χ4v) is 1.45. The van der Waals surface area contributed by atoms with Crippen molar-refractivity contribution in [2.24, 2.45) is 18.7 Å². The third-order valence-corrected chi connectivity index (χ3v) is 2.69. The second-order valence-electron chi connectivity index (χ2n) is 3.83. The molecule has 4 nitrogen and oxygen atoms in total. The molecule has 0 aliphatic carbocycles. The van der Waals surface area contributed by atoms with Gasteiger partial charge in [0.1, 0.15) is 5.69 Å². The number of aromatic nitrogens is 3. The van der Waals surface area contributed by atoms with Gasteiger partial charge in [-0.2, -0.15) is 0 Å². The Morgan fingerprint density at radius 2 is 2.23 bits per heavy atom. The zero-order valence-corrected chi connectivity index (χ0v) is 8.78. The van der Waals surface area contributed by atoms with Crippen LogP contribution >= 0.6 is 0 Å². The van der Waals surface area contributed by atoms with Crippen LogP contribution in [-0.2, 0) is 12.6 Å². The summed E-state index contributed by atoms with van der Waals surface area (Å²) in [7, 11) is 1.85. The number of nitrogens with zero attached hydrogens (tertiary/aromatic N) is 3. The predicted octanol–water partition coefficient (Wildman–Crippen LogP) is 1.04. The molecular weight excluding hydrogens is 164 g/mol. The van der Waals surface area contributed by atoms with E-state index in [4.69, 9.17) is 5.73 Å². The first-order valence-electron chi connectivity index (χ1n) is 4.66. The minimum absolute atomic E-state index is 0.339. The van der Waals surface area contributed by atoms with E-state index in [1.807, 2.05) is 13.2 Å². The van der Waals surface area contributed by atoms with Crippen LogP contribution in [0.25, 0.3) is 0 Å². The van der Waals surface area contributed by atoms with Crippen LogP contribution in [0.3, 0.4) is 0 Å². The Hall–Kier alpha value is -0.900. The molecular formula is C9H18N4. The monoisotopic (exact) mass is 182 g/mol. The molecule has 74 valence electrons. The van der Waals surface area contributed by atoms with E-state index in [-0.39, 0.29) is 5.54 Å². The summed E-state index contributed by atoms with van der Waals surface area (Å²) in [5.41, 5.74) is 6.80. The van der Waals surface area contributed by atoms with Crippen LogP contribution in [0, 0.1) is 5.92 Å². The molecule has 1 aromatic rings. The van der Waals surface area contributed by atoms with Gasteiger partial charge in [-0.3, -0.25) is 4.68 Å². The number of hydrogen-bond acceptors (Lipinski definition) is 3. The number of rotatable bonds is 3. The van der Waals surface area contributed by atoms with Crippen molar-refractivity contribution < 1.29 is 0 Å². The summed E-state index contributed by atoms with van der Waals surface area (Å²) in [4.78, 5) is 0. The van der Waals surface area contributed by atoms with Gasteiger partial charge >= 0.3 is 0 Å². The summed E-state index contributed by atoms with van der Waals surface area (Å²) in [6.45, 7) is 6.30. The van der Waals surface area contributed by atoms with Crippen molar-refractivity contribution in [3.8, 4) is 0 Å². The van der Waals surface area contributed by atoms with Gasteiger partial charge in [0, 0.05) is 13.2 Å². The molecule has 0 aromatic carbocycles. The lowest BCUT2D eigenvalue weighted by atomic mass is 9.82. The Labute approximate surface area is 79.1 Å². The van der Waals surface area contributed by atoms with E-state index in [9.17, 15) is 0 Å². The molecule has 0 amide bonds.